The lowest BCUT2D eigenvalue weighted by molar-refractivity contribution is -0.216. The Bertz CT molecular complexity index is 772. The molecule has 4 saturated carbocycles. The molecular formula is C32H56O5. The Hall–Kier alpha value is -0.200. The first-order valence-electron chi connectivity index (χ1n) is 15.9. The predicted molar refractivity (Wildman–Crippen MR) is 146 cm³/mol. The van der Waals surface area contributed by atoms with Gasteiger partial charge < -0.3 is 24.8 Å². The average molecular weight is 521 g/mol. The molecule has 0 aromatic rings. The molecular weight excluding hydrogens is 464 g/mol. The molecule has 5 heteroatoms. The van der Waals surface area contributed by atoms with E-state index in [0.717, 1.165) is 48.3 Å². The monoisotopic (exact) mass is 520 g/mol. The van der Waals surface area contributed by atoms with Gasteiger partial charge in [-0.25, -0.2) is 0 Å². The quantitative estimate of drug-likeness (QED) is 0.370. The SMILES string of the molecule is CC(C)CCC[C@@H](C)[C@H]1CC[C@H]2[C@@H]3CC[C@H]4C[C@@H](O[C@H]5O[C@H](CO)[C@@H](O)[C@@H]5O)CC[C@]4(C)[C@H]3CC[C@]12C. The number of hydrogen-bond acceptors (Lipinski definition) is 5. The van der Waals surface area contributed by atoms with Crippen molar-refractivity contribution in [3.8, 4) is 0 Å². The third kappa shape index (κ3) is 5.07. The van der Waals surface area contributed by atoms with Crippen LogP contribution >= 0.6 is 0 Å². The first-order valence-corrected chi connectivity index (χ1v) is 15.9. The molecule has 0 aromatic carbocycles. The summed E-state index contributed by atoms with van der Waals surface area (Å²) in [7, 11) is 0. The highest BCUT2D eigenvalue weighted by Crippen LogP contribution is 2.68. The van der Waals surface area contributed by atoms with E-state index in [1.54, 1.807) is 0 Å². The standard InChI is InChI=1S/C32H56O5/c1-19(2)7-6-8-20(3)24-11-12-25-23-10-9-21-17-22(36-30-29(35)28(34)27(18-33)37-30)13-15-31(21,4)26(23)14-16-32(24,25)5/h19-30,33-35H,6-18H2,1-5H3/t20-,21+,22+,23+,24-,25+,26+,27-,28-,29+,30+,31+,32-/m1/s1. The molecule has 214 valence electrons. The third-order valence-electron chi connectivity index (χ3n) is 12.6. The minimum absolute atomic E-state index is 0.0651. The molecule has 3 N–H and O–H groups in total. The van der Waals surface area contributed by atoms with Gasteiger partial charge in [-0.1, -0.05) is 53.9 Å². The normalized spacial score (nSPS) is 50.5. The average Bonchev–Trinajstić information content (AvgIpc) is 3.35. The lowest BCUT2D eigenvalue weighted by Crippen LogP contribution is -2.54. The highest BCUT2D eigenvalue weighted by atomic mass is 16.7. The Balaban J connectivity index is 1.21. The van der Waals surface area contributed by atoms with E-state index in [1.807, 2.05) is 0 Å². The number of rotatable bonds is 8. The van der Waals surface area contributed by atoms with Gasteiger partial charge in [-0.3, -0.25) is 0 Å². The van der Waals surface area contributed by atoms with Gasteiger partial charge in [0.1, 0.15) is 18.3 Å². The molecule has 5 aliphatic rings. The van der Waals surface area contributed by atoms with Crippen molar-refractivity contribution in [2.24, 2.45) is 52.3 Å². The fourth-order valence-electron chi connectivity index (χ4n) is 10.5. The largest absolute Gasteiger partial charge is 0.394 e. The predicted octanol–water partition coefficient (Wildman–Crippen LogP) is 5.93. The molecule has 5 nitrogen and oxygen atoms in total. The Morgan fingerprint density at radius 2 is 1.59 bits per heavy atom. The van der Waals surface area contributed by atoms with Gasteiger partial charge in [0.15, 0.2) is 6.29 Å². The van der Waals surface area contributed by atoms with E-state index in [0.29, 0.717) is 16.7 Å². The molecule has 5 rings (SSSR count). The molecule has 37 heavy (non-hydrogen) atoms. The van der Waals surface area contributed by atoms with E-state index in [1.165, 1.54) is 64.2 Å². The summed E-state index contributed by atoms with van der Waals surface area (Å²) in [5.41, 5.74) is 0.940. The van der Waals surface area contributed by atoms with Crippen LogP contribution in [0.25, 0.3) is 0 Å². The topological polar surface area (TPSA) is 79.2 Å². The number of aliphatic hydroxyl groups is 3. The Labute approximate surface area is 226 Å². The van der Waals surface area contributed by atoms with Gasteiger partial charge in [0, 0.05) is 0 Å². The van der Waals surface area contributed by atoms with Crippen molar-refractivity contribution in [2.75, 3.05) is 6.61 Å². The van der Waals surface area contributed by atoms with Crippen molar-refractivity contribution < 1.29 is 24.8 Å². The van der Waals surface area contributed by atoms with Crippen LogP contribution in [-0.4, -0.2) is 52.6 Å². The van der Waals surface area contributed by atoms with Crippen molar-refractivity contribution in [2.45, 2.75) is 142 Å². The van der Waals surface area contributed by atoms with Crippen molar-refractivity contribution in [3.05, 3.63) is 0 Å². The van der Waals surface area contributed by atoms with Crippen LogP contribution in [-0.2, 0) is 9.47 Å². The molecule has 0 spiro atoms. The third-order valence-corrected chi connectivity index (χ3v) is 12.6. The molecule has 0 amide bonds. The van der Waals surface area contributed by atoms with Crippen molar-refractivity contribution >= 4 is 0 Å². The zero-order valence-corrected chi connectivity index (χ0v) is 24.3. The smallest absolute Gasteiger partial charge is 0.186 e. The molecule has 0 radical (unpaired) electrons. The molecule has 1 heterocycles. The van der Waals surface area contributed by atoms with Gasteiger partial charge in [-0.15, -0.1) is 0 Å². The molecule has 0 bridgehead atoms. The van der Waals surface area contributed by atoms with Crippen molar-refractivity contribution in [1.82, 2.24) is 0 Å². The van der Waals surface area contributed by atoms with Gasteiger partial charge in [0.05, 0.1) is 12.7 Å². The molecule has 0 aromatic heterocycles. The number of aliphatic hydroxyl groups excluding tert-OH is 3. The molecule has 1 aliphatic heterocycles. The molecule has 0 unspecified atom stereocenters. The summed E-state index contributed by atoms with van der Waals surface area (Å²) in [5.74, 6) is 5.92. The van der Waals surface area contributed by atoms with Gasteiger partial charge in [0.25, 0.3) is 0 Å². The Morgan fingerprint density at radius 3 is 2.30 bits per heavy atom. The maximum Gasteiger partial charge on any atom is 0.186 e. The fraction of sp³-hybridized carbons (Fsp3) is 1.00. The maximum absolute atomic E-state index is 10.4. The lowest BCUT2D eigenvalue weighted by Gasteiger charge is -2.61. The molecule has 13 atom stereocenters. The van der Waals surface area contributed by atoms with Crippen LogP contribution in [0.15, 0.2) is 0 Å². The molecule has 4 aliphatic carbocycles. The highest BCUT2D eigenvalue weighted by Gasteiger charge is 2.60. The van der Waals surface area contributed by atoms with Crippen LogP contribution in [0.4, 0.5) is 0 Å². The summed E-state index contributed by atoms with van der Waals surface area (Å²) < 4.78 is 11.9. The van der Waals surface area contributed by atoms with Crippen LogP contribution < -0.4 is 0 Å². The second kappa shape index (κ2) is 11.0. The summed E-state index contributed by atoms with van der Waals surface area (Å²) in [6, 6.07) is 0. The lowest BCUT2D eigenvalue weighted by atomic mass is 9.44. The fourth-order valence-corrected chi connectivity index (χ4v) is 10.5. The number of ether oxygens (including phenoxy) is 2. The van der Waals surface area contributed by atoms with Gasteiger partial charge in [-0.2, -0.15) is 0 Å². The minimum atomic E-state index is -1.08. The van der Waals surface area contributed by atoms with E-state index in [-0.39, 0.29) is 12.7 Å². The van der Waals surface area contributed by atoms with Crippen molar-refractivity contribution in [1.29, 1.82) is 0 Å². The van der Waals surface area contributed by atoms with E-state index in [2.05, 4.69) is 34.6 Å². The number of hydrogen-bond donors (Lipinski definition) is 3. The minimum Gasteiger partial charge on any atom is -0.394 e. The van der Waals surface area contributed by atoms with E-state index in [4.69, 9.17) is 9.47 Å². The zero-order chi connectivity index (χ0) is 26.5. The van der Waals surface area contributed by atoms with Gasteiger partial charge >= 0.3 is 0 Å². The Morgan fingerprint density at radius 1 is 0.865 bits per heavy atom. The molecule has 1 saturated heterocycles. The second-order valence-electron chi connectivity index (χ2n) is 14.9. The maximum atomic E-state index is 10.4. The van der Waals surface area contributed by atoms with E-state index in [9.17, 15) is 15.3 Å². The summed E-state index contributed by atoms with van der Waals surface area (Å²) in [5, 5.41) is 29.9. The highest BCUT2D eigenvalue weighted by molar-refractivity contribution is 5.10. The summed E-state index contributed by atoms with van der Waals surface area (Å²) in [6.45, 7) is 12.3. The van der Waals surface area contributed by atoms with Crippen LogP contribution in [0.2, 0.25) is 0 Å². The van der Waals surface area contributed by atoms with Crippen molar-refractivity contribution in [3.63, 3.8) is 0 Å². The second-order valence-corrected chi connectivity index (χ2v) is 14.9. The first kappa shape index (κ1) is 28.3. The zero-order valence-electron chi connectivity index (χ0n) is 24.3. The van der Waals surface area contributed by atoms with Crippen LogP contribution in [0.1, 0.15) is 112 Å². The molecule has 5 fully saturated rings. The van der Waals surface area contributed by atoms with E-state index >= 15 is 0 Å². The Kier molecular flexibility index (Phi) is 8.42. The van der Waals surface area contributed by atoms with Crippen LogP contribution in [0.5, 0.6) is 0 Å². The van der Waals surface area contributed by atoms with E-state index < -0.39 is 24.6 Å². The summed E-state index contributed by atoms with van der Waals surface area (Å²) in [4.78, 5) is 0. The first-order chi connectivity index (χ1) is 17.6. The van der Waals surface area contributed by atoms with Crippen LogP contribution in [0.3, 0.4) is 0 Å². The number of fused-ring (bicyclic) bond motifs is 5. The van der Waals surface area contributed by atoms with Gasteiger partial charge in [0.2, 0.25) is 0 Å². The van der Waals surface area contributed by atoms with Gasteiger partial charge in [-0.05, 0) is 110 Å². The van der Waals surface area contributed by atoms with Crippen LogP contribution in [0, 0.1) is 52.3 Å². The summed E-state index contributed by atoms with van der Waals surface area (Å²) >= 11 is 0. The summed E-state index contributed by atoms with van der Waals surface area (Å²) in [6.07, 6.45) is 12.1.